The van der Waals surface area contributed by atoms with E-state index >= 15 is 0 Å². The summed E-state index contributed by atoms with van der Waals surface area (Å²) in [7, 11) is 0. The fraction of sp³-hybridized carbons (Fsp3) is 0.143. The zero-order valence-corrected chi connectivity index (χ0v) is 13.3. The molecule has 2 heteroatoms. The first-order chi connectivity index (χ1) is 11.1. The Bertz CT molecular complexity index is 816. The molecule has 0 saturated heterocycles. The van der Waals surface area contributed by atoms with Crippen molar-refractivity contribution in [3.05, 3.63) is 83.9 Å². The molecule has 0 atom stereocenters. The number of benzene rings is 3. The molecule has 0 saturated carbocycles. The van der Waals surface area contributed by atoms with Gasteiger partial charge in [-0.25, -0.2) is 0 Å². The van der Waals surface area contributed by atoms with Crippen LogP contribution in [0.25, 0.3) is 0 Å². The van der Waals surface area contributed by atoms with Crippen molar-refractivity contribution in [2.75, 3.05) is 4.90 Å². The van der Waals surface area contributed by atoms with Crippen molar-refractivity contribution < 1.29 is 5.11 Å². The normalized spacial score (nSPS) is 15.0. The molecule has 0 aromatic heterocycles. The first-order valence-electron chi connectivity index (χ1n) is 7.87. The molecule has 1 N–H and O–H groups in total. The summed E-state index contributed by atoms with van der Waals surface area (Å²) in [6, 6.07) is 24.5. The van der Waals surface area contributed by atoms with E-state index in [4.69, 9.17) is 0 Å². The van der Waals surface area contributed by atoms with Crippen molar-refractivity contribution in [3.8, 4) is 5.75 Å². The van der Waals surface area contributed by atoms with Crippen molar-refractivity contribution in [3.63, 3.8) is 0 Å². The van der Waals surface area contributed by atoms with Gasteiger partial charge >= 0.3 is 0 Å². The standard InChI is InChI=1S/C21H19NO/c1-21(2)17-7-3-5-9-19(17)22(15-11-13-16(23)14-12-15)20-10-6-4-8-18(20)21/h3-14,23H,1-2H3. The second-order valence-electron chi connectivity index (χ2n) is 6.51. The maximum atomic E-state index is 9.61. The third kappa shape index (κ3) is 2.02. The van der Waals surface area contributed by atoms with Crippen molar-refractivity contribution in [1.29, 1.82) is 0 Å². The summed E-state index contributed by atoms with van der Waals surface area (Å²) in [5.41, 5.74) is 6.03. The van der Waals surface area contributed by atoms with Crippen molar-refractivity contribution in [2.45, 2.75) is 19.3 Å². The van der Waals surface area contributed by atoms with Crippen LogP contribution in [0, 0.1) is 0 Å². The van der Waals surface area contributed by atoms with Gasteiger partial charge in [0.25, 0.3) is 0 Å². The molecule has 0 radical (unpaired) electrons. The molecule has 0 spiro atoms. The van der Waals surface area contributed by atoms with Gasteiger partial charge in [0.15, 0.2) is 0 Å². The zero-order valence-electron chi connectivity index (χ0n) is 13.3. The summed E-state index contributed by atoms with van der Waals surface area (Å²) in [6.45, 7) is 4.55. The van der Waals surface area contributed by atoms with Gasteiger partial charge in [-0.1, -0.05) is 50.2 Å². The van der Waals surface area contributed by atoms with Crippen molar-refractivity contribution in [2.24, 2.45) is 0 Å². The summed E-state index contributed by atoms with van der Waals surface area (Å²) in [5, 5.41) is 9.61. The molecule has 0 unspecified atom stereocenters. The number of phenols is 1. The lowest BCUT2D eigenvalue weighted by Crippen LogP contribution is -2.30. The summed E-state index contributed by atoms with van der Waals surface area (Å²) < 4.78 is 0. The van der Waals surface area contributed by atoms with Crippen molar-refractivity contribution in [1.82, 2.24) is 0 Å². The maximum absolute atomic E-state index is 9.61. The fourth-order valence-electron chi connectivity index (χ4n) is 3.55. The molecule has 3 aromatic carbocycles. The van der Waals surface area contributed by atoms with Gasteiger partial charge in [0.05, 0.1) is 11.4 Å². The third-order valence-corrected chi connectivity index (χ3v) is 4.74. The van der Waals surface area contributed by atoms with Crippen LogP contribution in [0.2, 0.25) is 0 Å². The largest absolute Gasteiger partial charge is 0.508 e. The fourth-order valence-corrected chi connectivity index (χ4v) is 3.55. The first kappa shape index (κ1) is 13.9. The van der Waals surface area contributed by atoms with E-state index in [0.717, 1.165) is 5.69 Å². The first-order valence-corrected chi connectivity index (χ1v) is 7.87. The van der Waals surface area contributed by atoms with Crippen LogP contribution in [0.3, 0.4) is 0 Å². The number of hydrogen-bond acceptors (Lipinski definition) is 2. The third-order valence-electron chi connectivity index (χ3n) is 4.74. The highest BCUT2D eigenvalue weighted by Gasteiger charge is 2.36. The Kier molecular flexibility index (Phi) is 2.95. The number of aromatic hydroxyl groups is 1. The van der Waals surface area contributed by atoms with E-state index < -0.39 is 0 Å². The Morgan fingerprint density at radius 1 is 0.696 bits per heavy atom. The average Bonchev–Trinajstić information content (AvgIpc) is 2.57. The zero-order chi connectivity index (χ0) is 16.0. The number of fused-ring (bicyclic) bond motifs is 2. The van der Waals surface area contributed by atoms with Crippen LogP contribution in [0.1, 0.15) is 25.0 Å². The van der Waals surface area contributed by atoms with Gasteiger partial charge < -0.3 is 10.0 Å². The number of nitrogens with zero attached hydrogens (tertiary/aromatic N) is 1. The molecule has 1 heterocycles. The number of hydrogen-bond donors (Lipinski definition) is 1. The van der Waals surface area contributed by atoms with Crippen LogP contribution in [-0.4, -0.2) is 5.11 Å². The van der Waals surface area contributed by atoms with E-state index in [-0.39, 0.29) is 11.2 Å². The molecule has 0 amide bonds. The van der Waals surface area contributed by atoms with Gasteiger partial charge in [-0.05, 0) is 47.5 Å². The number of phenolic OH excluding ortho intramolecular Hbond substituents is 1. The lowest BCUT2D eigenvalue weighted by molar-refractivity contribution is 0.475. The molecular weight excluding hydrogens is 282 g/mol. The van der Waals surface area contributed by atoms with Gasteiger partial charge in [0.1, 0.15) is 5.75 Å². The van der Waals surface area contributed by atoms with Crippen LogP contribution < -0.4 is 4.90 Å². The second-order valence-corrected chi connectivity index (χ2v) is 6.51. The highest BCUT2D eigenvalue weighted by molar-refractivity contribution is 5.85. The Hall–Kier alpha value is -2.74. The molecular formula is C21H19NO. The Morgan fingerprint density at radius 2 is 1.17 bits per heavy atom. The smallest absolute Gasteiger partial charge is 0.115 e. The van der Waals surface area contributed by atoms with Crippen LogP contribution in [0.15, 0.2) is 72.8 Å². The summed E-state index contributed by atoms with van der Waals surface area (Å²) in [5.74, 6) is 0.285. The van der Waals surface area contributed by atoms with E-state index in [1.165, 1.54) is 22.5 Å². The van der Waals surface area contributed by atoms with Gasteiger partial charge in [0, 0.05) is 11.1 Å². The van der Waals surface area contributed by atoms with E-state index in [1.54, 1.807) is 12.1 Å². The Morgan fingerprint density at radius 3 is 1.70 bits per heavy atom. The van der Waals surface area contributed by atoms with E-state index in [9.17, 15) is 5.11 Å². The minimum Gasteiger partial charge on any atom is -0.508 e. The van der Waals surface area contributed by atoms with Crippen LogP contribution in [0.4, 0.5) is 17.1 Å². The van der Waals surface area contributed by atoms with Crippen molar-refractivity contribution >= 4 is 17.1 Å². The Labute approximate surface area is 136 Å². The molecule has 1 aliphatic heterocycles. The lowest BCUT2D eigenvalue weighted by Gasteiger charge is -2.42. The van der Waals surface area contributed by atoms with Gasteiger partial charge in [0.2, 0.25) is 0 Å². The molecule has 0 fully saturated rings. The van der Waals surface area contributed by atoms with Gasteiger partial charge in [-0.2, -0.15) is 0 Å². The molecule has 4 rings (SSSR count). The molecule has 23 heavy (non-hydrogen) atoms. The number of anilines is 3. The predicted molar refractivity (Wildman–Crippen MR) is 94.9 cm³/mol. The number of rotatable bonds is 1. The second kappa shape index (κ2) is 4.88. The van der Waals surface area contributed by atoms with Crippen LogP contribution in [0.5, 0.6) is 5.75 Å². The quantitative estimate of drug-likeness (QED) is 0.641. The average molecular weight is 301 g/mol. The maximum Gasteiger partial charge on any atom is 0.115 e. The minimum absolute atomic E-state index is 0.0411. The predicted octanol–water partition coefficient (Wildman–Crippen LogP) is 5.50. The Balaban J connectivity index is 2.02. The van der Waals surface area contributed by atoms with Crippen LogP contribution >= 0.6 is 0 Å². The summed E-state index contributed by atoms with van der Waals surface area (Å²) in [4.78, 5) is 2.27. The molecule has 3 aromatic rings. The monoisotopic (exact) mass is 301 g/mol. The van der Waals surface area contributed by atoms with E-state index in [2.05, 4.69) is 67.3 Å². The van der Waals surface area contributed by atoms with E-state index in [0.29, 0.717) is 0 Å². The topological polar surface area (TPSA) is 23.5 Å². The SMILES string of the molecule is CC1(C)c2ccccc2N(c2ccc(O)cc2)c2ccccc21. The molecule has 0 bridgehead atoms. The molecule has 0 aliphatic carbocycles. The number of para-hydroxylation sites is 2. The lowest BCUT2D eigenvalue weighted by atomic mass is 9.73. The van der Waals surface area contributed by atoms with Crippen LogP contribution in [-0.2, 0) is 5.41 Å². The van der Waals surface area contributed by atoms with Gasteiger partial charge in [-0.3, -0.25) is 0 Å². The minimum atomic E-state index is -0.0411. The summed E-state index contributed by atoms with van der Waals surface area (Å²) in [6.07, 6.45) is 0. The van der Waals surface area contributed by atoms with Gasteiger partial charge in [-0.15, -0.1) is 0 Å². The highest BCUT2D eigenvalue weighted by atomic mass is 16.3. The molecule has 1 aliphatic rings. The highest BCUT2D eigenvalue weighted by Crippen LogP contribution is 2.51. The molecule has 114 valence electrons. The summed E-state index contributed by atoms with van der Waals surface area (Å²) >= 11 is 0. The molecule has 2 nitrogen and oxygen atoms in total. The van der Waals surface area contributed by atoms with E-state index in [1.807, 2.05) is 12.1 Å².